The van der Waals surface area contributed by atoms with Crippen LogP contribution < -0.4 is 15.8 Å². The molecule has 0 atom stereocenters. The maximum Gasteiger partial charge on any atom is 0.255 e. The van der Waals surface area contributed by atoms with Crippen molar-refractivity contribution in [1.82, 2.24) is 0 Å². The third-order valence-corrected chi connectivity index (χ3v) is 4.10. The first-order chi connectivity index (χ1) is 13.5. The van der Waals surface area contributed by atoms with Gasteiger partial charge in [0, 0.05) is 16.8 Å². The molecule has 0 heterocycles. The normalized spacial score (nSPS) is 10.0. The number of ether oxygens (including phenoxy) is 1. The second kappa shape index (κ2) is 8.06. The summed E-state index contributed by atoms with van der Waals surface area (Å²) in [5.41, 5.74) is 8.00. The van der Waals surface area contributed by atoms with Crippen molar-refractivity contribution >= 4 is 17.5 Å². The number of hydrogen-bond acceptors (Lipinski definition) is 4. The lowest BCUT2D eigenvalue weighted by molar-refractivity contribution is 0.0995. The zero-order chi connectivity index (χ0) is 20.1. The molecule has 138 valence electrons. The quantitative estimate of drug-likeness (QED) is 0.707. The van der Waals surface area contributed by atoms with Crippen molar-refractivity contribution in [3.63, 3.8) is 0 Å². The predicted molar refractivity (Wildman–Crippen MR) is 105 cm³/mol. The van der Waals surface area contributed by atoms with E-state index in [1.807, 2.05) is 13.0 Å². The van der Waals surface area contributed by atoms with Gasteiger partial charge in [0.15, 0.2) is 0 Å². The number of anilines is 1. The second-order valence-electron chi connectivity index (χ2n) is 6.11. The van der Waals surface area contributed by atoms with Gasteiger partial charge in [-0.15, -0.1) is 0 Å². The number of nitrogens with one attached hydrogen (secondary N) is 1. The van der Waals surface area contributed by atoms with Gasteiger partial charge in [-0.2, -0.15) is 5.26 Å². The highest BCUT2D eigenvalue weighted by atomic mass is 16.5. The molecule has 0 aliphatic heterocycles. The van der Waals surface area contributed by atoms with Crippen molar-refractivity contribution in [3.05, 3.63) is 89.0 Å². The Bertz CT molecular complexity index is 1070. The Morgan fingerprint density at radius 3 is 2.11 bits per heavy atom. The average Bonchev–Trinajstić information content (AvgIpc) is 2.70. The summed E-state index contributed by atoms with van der Waals surface area (Å²) in [7, 11) is 0. The van der Waals surface area contributed by atoms with E-state index in [0.29, 0.717) is 33.9 Å². The van der Waals surface area contributed by atoms with Gasteiger partial charge < -0.3 is 15.8 Å². The van der Waals surface area contributed by atoms with Crippen molar-refractivity contribution in [2.45, 2.75) is 6.92 Å². The number of benzene rings is 3. The van der Waals surface area contributed by atoms with E-state index < -0.39 is 5.91 Å². The summed E-state index contributed by atoms with van der Waals surface area (Å²) in [4.78, 5) is 23.5. The van der Waals surface area contributed by atoms with Crippen LogP contribution in [0.2, 0.25) is 0 Å². The summed E-state index contributed by atoms with van der Waals surface area (Å²) in [6, 6.07) is 20.3. The van der Waals surface area contributed by atoms with Gasteiger partial charge in [-0.05, 0) is 79.2 Å². The molecular weight excluding hydrogens is 354 g/mol. The first kappa shape index (κ1) is 18.7. The van der Waals surface area contributed by atoms with Crippen LogP contribution in [0, 0.1) is 18.3 Å². The summed E-state index contributed by atoms with van der Waals surface area (Å²) in [6.45, 7) is 1.86. The first-order valence-corrected chi connectivity index (χ1v) is 8.46. The van der Waals surface area contributed by atoms with Crippen LogP contribution in [0.4, 0.5) is 5.69 Å². The SMILES string of the molecule is Cc1cc(Oc2ccc(C#N)cc2)ccc1NC(=O)c1ccc(C(N)=O)cc1. The van der Waals surface area contributed by atoms with E-state index in [-0.39, 0.29) is 5.91 Å². The van der Waals surface area contributed by atoms with E-state index in [0.717, 1.165) is 5.56 Å². The minimum atomic E-state index is -0.541. The second-order valence-corrected chi connectivity index (χ2v) is 6.11. The molecule has 0 radical (unpaired) electrons. The summed E-state index contributed by atoms with van der Waals surface area (Å²) < 4.78 is 5.77. The number of nitrogens with zero attached hydrogens (tertiary/aromatic N) is 1. The summed E-state index contributed by atoms with van der Waals surface area (Å²) in [6.07, 6.45) is 0. The number of carbonyl (C=O) groups excluding carboxylic acids is 2. The number of rotatable bonds is 5. The molecule has 0 spiro atoms. The third kappa shape index (κ3) is 4.34. The third-order valence-electron chi connectivity index (χ3n) is 4.10. The number of amides is 2. The number of hydrogen-bond donors (Lipinski definition) is 2. The molecule has 0 saturated heterocycles. The molecule has 3 N–H and O–H groups in total. The van der Waals surface area contributed by atoms with Crippen LogP contribution in [0.5, 0.6) is 11.5 Å². The van der Waals surface area contributed by atoms with Crippen LogP contribution in [0.25, 0.3) is 0 Å². The molecule has 0 unspecified atom stereocenters. The summed E-state index contributed by atoms with van der Waals surface area (Å²) >= 11 is 0. The minimum absolute atomic E-state index is 0.292. The number of nitrogens with two attached hydrogens (primary N) is 1. The summed E-state index contributed by atoms with van der Waals surface area (Å²) in [5, 5.41) is 11.7. The predicted octanol–water partition coefficient (Wildman–Crippen LogP) is 4.01. The van der Waals surface area contributed by atoms with Crippen LogP contribution in [-0.2, 0) is 0 Å². The Morgan fingerprint density at radius 2 is 1.54 bits per heavy atom. The maximum atomic E-state index is 12.4. The van der Waals surface area contributed by atoms with Crippen molar-refractivity contribution in [3.8, 4) is 17.6 Å². The highest BCUT2D eigenvalue weighted by molar-refractivity contribution is 6.05. The van der Waals surface area contributed by atoms with Crippen molar-refractivity contribution in [2.75, 3.05) is 5.32 Å². The van der Waals surface area contributed by atoms with Crippen LogP contribution >= 0.6 is 0 Å². The van der Waals surface area contributed by atoms with Gasteiger partial charge in [0.25, 0.3) is 5.91 Å². The smallest absolute Gasteiger partial charge is 0.255 e. The molecular formula is C22H17N3O3. The molecule has 3 aromatic carbocycles. The number of aryl methyl sites for hydroxylation is 1. The fourth-order valence-electron chi connectivity index (χ4n) is 2.55. The average molecular weight is 371 g/mol. The zero-order valence-electron chi connectivity index (χ0n) is 15.1. The van der Waals surface area contributed by atoms with Gasteiger partial charge in [-0.25, -0.2) is 0 Å². The minimum Gasteiger partial charge on any atom is -0.457 e. The molecule has 3 rings (SSSR count). The van der Waals surface area contributed by atoms with E-state index in [1.54, 1.807) is 48.5 Å². The lowest BCUT2D eigenvalue weighted by atomic mass is 10.1. The Balaban J connectivity index is 1.70. The van der Waals surface area contributed by atoms with Crippen LogP contribution in [-0.4, -0.2) is 11.8 Å². The molecule has 0 saturated carbocycles. The molecule has 0 aromatic heterocycles. The number of nitriles is 1. The fraction of sp³-hybridized carbons (Fsp3) is 0.0455. The largest absolute Gasteiger partial charge is 0.457 e. The van der Waals surface area contributed by atoms with Gasteiger partial charge >= 0.3 is 0 Å². The fourth-order valence-corrected chi connectivity index (χ4v) is 2.55. The Hall–Kier alpha value is -4.11. The topological polar surface area (TPSA) is 105 Å². The molecule has 6 heteroatoms. The summed E-state index contributed by atoms with van der Waals surface area (Å²) in [5.74, 6) is 0.399. The van der Waals surface area contributed by atoms with E-state index in [4.69, 9.17) is 15.7 Å². The van der Waals surface area contributed by atoms with Gasteiger partial charge in [-0.1, -0.05) is 0 Å². The zero-order valence-corrected chi connectivity index (χ0v) is 15.1. The van der Waals surface area contributed by atoms with Crippen LogP contribution in [0.1, 0.15) is 31.8 Å². The molecule has 2 amide bonds. The van der Waals surface area contributed by atoms with Crippen molar-refractivity contribution in [1.29, 1.82) is 5.26 Å². The molecule has 6 nitrogen and oxygen atoms in total. The van der Waals surface area contributed by atoms with Crippen LogP contribution in [0.15, 0.2) is 66.7 Å². The Labute approximate surface area is 162 Å². The molecule has 0 fully saturated rings. The highest BCUT2D eigenvalue weighted by Gasteiger charge is 2.10. The maximum absolute atomic E-state index is 12.4. The van der Waals surface area contributed by atoms with Gasteiger partial charge in [-0.3, -0.25) is 9.59 Å². The van der Waals surface area contributed by atoms with Crippen molar-refractivity contribution in [2.24, 2.45) is 5.73 Å². The number of carbonyl (C=O) groups is 2. The Morgan fingerprint density at radius 1 is 0.929 bits per heavy atom. The Kier molecular flexibility index (Phi) is 5.38. The van der Waals surface area contributed by atoms with Crippen LogP contribution in [0.3, 0.4) is 0 Å². The molecule has 28 heavy (non-hydrogen) atoms. The van der Waals surface area contributed by atoms with Gasteiger partial charge in [0.2, 0.25) is 5.91 Å². The molecule has 0 aliphatic rings. The van der Waals surface area contributed by atoms with Gasteiger partial charge in [0.1, 0.15) is 11.5 Å². The van der Waals surface area contributed by atoms with E-state index in [2.05, 4.69) is 11.4 Å². The highest BCUT2D eigenvalue weighted by Crippen LogP contribution is 2.26. The van der Waals surface area contributed by atoms with E-state index >= 15 is 0 Å². The lowest BCUT2D eigenvalue weighted by Crippen LogP contribution is -2.14. The van der Waals surface area contributed by atoms with Gasteiger partial charge in [0.05, 0.1) is 11.6 Å². The van der Waals surface area contributed by atoms with Crippen molar-refractivity contribution < 1.29 is 14.3 Å². The monoisotopic (exact) mass is 371 g/mol. The lowest BCUT2D eigenvalue weighted by Gasteiger charge is -2.11. The first-order valence-electron chi connectivity index (χ1n) is 8.46. The van der Waals surface area contributed by atoms with E-state index in [9.17, 15) is 9.59 Å². The standard InChI is InChI=1S/C22H17N3O3/c1-14-12-19(28-18-8-2-15(13-23)3-9-18)10-11-20(14)25-22(27)17-6-4-16(5-7-17)21(24)26/h2-12H,1H3,(H2,24,26)(H,25,27). The molecule has 0 aliphatic carbocycles. The molecule has 3 aromatic rings. The number of primary amides is 1. The molecule has 0 bridgehead atoms. The van der Waals surface area contributed by atoms with E-state index in [1.165, 1.54) is 12.1 Å².